The molecular weight excluding hydrogens is 230 g/mol. The second-order valence-corrected chi connectivity index (χ2v) is 4.95. The van der Waals surface area contributed by atoms with Crippen LogP contribution in [0.4, 0.5) is 0 Å². The highest BCUT2D eigenvalue weighted by Crippen LogP contribution is 2.35. The highest BCUT2D eigenvalue weighted by Gasteiger charge is 2.52. The predicted octanol–water partition coefficient (Wildman–Crippen LogP) is 1.18. The van der Waals surface area contributed by atoms with Crippen molar-refractivity contribution in [2.24, 2.45) is 0 Å². The molecule has 5 atom stereocenters. The topological polar surface area (TPSA) is 63.5 Å². The molecule has 0 bridgehead atoms. The first-order valence-corrected chi connectivity index (χ1v) is 6.11. The first-order valence-electron chi connectivity index (χ1n) is 6.11. The van der Waals surface area contributed by atoms with Crippen molar-refractivity contribution in [2.75, 3.05) is 0 Å². The summed E-state index contributed by atoms with van der Waals surface area (Å²) in [6.45, 7) is 5.52. The molecule has 2 N–H and O–H groups in total. The normalized spacial score (nSPS) is 39.8. The molecule has 0 unspecified atom stereocenters. The minimum Gasteiger partial charge on any atom is -0.632 e. The smallest absolute Gasteiger partial charge is 0.141 e. The van der Waals surface area contributed by atoms with E-state index in [0.717, 1.165) is 5.56 Å². The van der Waals surface area contributed by atoms with Crippen LogP contribution >= 0.6 is 0 Å². The fraction of sp³-hybridized carbons (Fsp3) is 0.429. The van der Waals surface area contributed by atoms with Gasteiger partial charge in [-0.2, -0.15) is 0 Å². The lowest BCUT2D eigenvalue weighted by molar-refractivity contribution is -0.923. The van der Waals surface area contributed by atoms with Crippen LogP contribution in [0.25, 0.3) is 0 Å². The van der Waals surface area contributed by atoms with Gasteiger partial charge in [0.05, 0.1) is 0 Å². The number of benzene rings is 1. The van der Waals surface area contributed by atoms with Gasteiger partial charge in [-0.15, -0.1) is 0 Å². The van der Waals surface area contributed by atoms with Gasteiger partial charge >= 0.3 is 0 Å². The maximum Gasteiger partial charge on any atom is 0.141 e. The van der Waals surface area contributed by atoms with Gasteiger partial charge in [0.25, 0.3) is 0 Å². The Morgan fingerprint density at radius 1 is 1.28 bits per heavy atom. The number of aliphatic hydroxyl groups excluding tert-OH is 2. The molecule has 1 fully saturated rings. The number of nitrogens with zero attached hydrogens (tertiary/aromatic N) is 1. The number of aliphatic hydroxyl groups is 2. The Kier molecular flexibility index (Phi) is 3.54. The highest BCUT2D eigenvalue weighted by molar-refractivity contribution is 5.14. The van der Waals surface area contributed by atoms with Crippen molar-refractivity contribution < 1.29 is 14.9 Å². The van der Waals surface area contributed by atoms with Gasteiger partial charge in [0.2, 0.25) is 0 Å². The van der Waals surface area contributed by atoms with Crippen molar-refractivity contribution in [1.82, 2.24) is 0 Å². The Bertz CT molecular complexity index is 422. The summed E-state index contributed by atoms with van der Waals surface area (Å²) in [6.07, 6.45) is -0.597. The maximum atomic E-state index is 12.9. The van der Waals surface area contributed by atoms with Gasteiger partial charge in [-0.25, -0.2) is 0 Å². The molecule has 1 aromatic rings. The molecule has 1 aliphatic rings. The Balaban J connectivity index is 2.30. The van der Waals surface area contributed by atoms with E-state index in [1.54, 1.807) is 6.92 Å². The number of hydroxylamine groups is 3. The first-order chi connectivity index (χ1) is 8.50. The zero-order valence-corrected chi connectivity index (χ0v) is 10.4. The first kappa shape index (κ1) is 13.2. The molecule has 1 aliphatic heterocycles. The third-order valence-electron chi connectivity index (χ3n) is 3.90. The lowest BCUT2D eigenvalue weighted by Gasteiger charge is -2.47. The third-order valence-corrected chi connectivity index (χ3v) is 3.90. The number of quaternary nitrogens is 1. The molecule has 18 heavy (non-hydrogen) atoms. The minimum absolute atomic E-state index is 0.229. The number of rotatable bonds is 3. The fourth-order valence-corrected chi connectivity index (χ4v) is 2.71. The molecule has 0 radical (unpaired) electrons. The molecule has 1 saturated heterocycles. The predicted molar refractivity (Wildman–Crippen MR) is 69.2 cm³/mol. The number of likely N-dealkylation sites (tertiary alicyclic amines) is 1. The molecule has 0 amide bonds. The molecule has 0 spiro atoms. The summed E-state index contributed by atoms with van der Waals surface area (Å²) in [7, 11) is 0. The van der Waals surface area contributed by atoms with E-state index in [-0.39, 0.29) is 6.54 Å². The molecule has 1 aromatic carbocycles. The van der Waals surface area contributed by atoms with Crippen LogP contribution in [-0.2, 0) is 6.54 Å². The summed E-state index contributed by atoms with van der Waals surface area (Å²) in [4.78, 5) is 0. The van der Waals surface area contributed by atoms with Crippen molar-refractivity contribution >= 4 is 0 Å². The molecule has 0 aliphatic carbocycles. The van der Waals surface area contributed by atoms with E-state index in [9.17, 15) is 15.4 Å². The molecule has 98 valence electrons. The quantitative estimate of drug-likeness (QED) is 0.480. The molecule has 4 nitrogen and oxygen atoms in total. The number of hydrogen-bond acceptors (Lipinski definition) is 3. The van der Waals surface area contributed by atoms with Crippen LogP contribution in [0.2, 0.25) is 0 Å². The average Bonchev–Trinajstić information content (AvgIpc) is 2.52. The Hall–Kier alpha value is -1.20. The van der Waals surface area contributed by atoms with Crippen LogP contribution in [0.3, 0.4) is 0 Å². The van der Waals surface area contributed by atoms with E-state index >= 15 is 0 Å². The van der Waals surface area contributed by atoms with E-state index in [2.05, 4.69) is 6.58 Å². The molecule has 2 rings (SSSR count). The summed E-state index contributed by atoms with van der Waals surface area (Å²) in [5, 5.41) is 32.7. The largest absolute Gasteiger partial charge is 0.632 e. The van der Waals surface area contributed by atoms with E-state index in [0.29, 0.717) is 0 Å². The summed E-state index contributed by atoms with van der Waals surface area (Å²) < 4.78 is -0.657. The van der Waals surface area contributed by atoms with Crippen molar-refractivity contribution in [3.8, 4) is 0 Å². The van der Waals surface area contributed by atoms with Crippen molar-refractivity contribution in [3.63, 3.8) is 0 Å². The molecular formula is C14H19NO3. The Morgan fingerprint density at radius 2 is 1.89 bits per heavy atom. The van der Waals surface area contributed by atoms with Crippen molar-refractivity contribution in [2.45, 2.75) is 37.8 Å². The molecule has 0 aromatic heterocycles. The van der Waals surface area contributed by atoms with Gasteiger partial charge in [0.1, 0.15) is 30.8 Å². The van der Waals surface area contributed by atoms with E-state index in [4.69, 9.17) is 0 Å². The van der Waals surface area contributed by atoms with Crippen molar-refractivity contribution in [3.05, 3.63) is 53.8 Å². The van der Waals surface area contributed by atoms with E-state index in [1.165, 1.54) is 6.08 Å². The lowest BCUT2D eigenvalue weighted by atomic mass is 10.1. The summed E-state index contributed by atoms with van der Waals surface area (Å²) in [5.74, 6) is 0. The second-order valence-electron chi connectivity index (χ2n) is 4.95. The van der Waals surface area contributed by atoms with Gasteiger partial charge in [-0.05, 0) is 13.0 Å². The molecule has 0 saturated carbocycles. The minimum atomic E-state index is -1.04. The van der Waals surface area contributed by atoms with Crippen LogP contribution in [-0.4, -0.2) is 39.2 Å². The van der Waals surface area contributed by atoms with Gasteiger partial charge < -0.3 is 20.1 Å². The van der Waals surface area contributed by atoms with E-state index < -0.39 is 28.9 Å². The van der Waals surface area contributed by atoms with Gasteiger partial charge in [0.15, 0.2) is 0 Å². The fourth-order valence-electron chi connectivity index (χ4n) is 2.71. The van der Waals surface area contributed by atoms with Crippen LogP contribution in [0.1, 0.15) is 12.5 Å². The van der Waals surface area contributed by atoms with E-state index in [1.807, 2.05) is 30.3 Å². The maximum absolute atomic E-state index is 12.9. The van der Waals surface area contributed by atoms with Crippen LogP contribution in [0, 0.1) is 5.21 Å². The number of hydrogen-bond donors (Lipinski definition) is 2. The lowest BCUT2D eigenvalue weighted by Crippen LogP contribution is -2.51. The Morgan fingerprint density at radius 3 is 2.44 bits per heavy atom. The standard InChI is InChI=1S/C14H19NO3/c1-3-12-14(17)13(16)10(2)15(12,18)9-11-7-5-4-6-8-11/h3-8,10,12-14,16-17H,1,9H2,2H3/t10-,12+,13-,14+,15-/m1/s1. The van der Waals surface area contributed by atoms with Crippen LogP contribution in [0.5, 0.6) is 0 Å². The monoisotopic (exact) mass is 249 g/mol. The highest BCUT2D eigenvalue weighted by atomic mass is 16.6. The van der Waals surface area contributed by atoms with Crippen LogP contribution < -0.4 is 0 Å². The molecule has 1 heterocycles. The Labute approximate surface area is 107 Å². The van der Waals surface area contributed by atoms with Gasteiger partial charge in [-0.1, -0.05) is 36.9 Å². The SMILES string of the molecule is C=C[C@H]1[C@H](O)[C@H](O)[C@@H](C)[N@+]1([O-])Cc1ccccc1. The summed E-state index contributed by atoms with van der Waals surface area (Å²) >= 11 is 0. The molecule has 4 heteroatoms. The van der Waals surface area contributed by atoms with Gasteiger partial charge in [-0.3, -0.25) is 0 Å². The van der Waals surface area contributed by atoms with Gasteiger partial charge in [0, 0.05) is 5.56 Å². The second kappa shape index (κ2) is 4.82. The van der Waals surface area contributed by atoms with Crippen molar-refractivity contribution in [1.29, 1.82) is 0 Å². The van der Waals surface area contributed by atoms with Crippen LogP contribution in [0.15, 0.2) is 43.0 Å². The third kappa shape index (κ3) is 1.97. The zero-order chi connectivity index (χ0) is 13.3. The summed E-state index contributed by atoms with van der Waals surface area (Å²) in [5.41, 5.74) is 0.896. The summed E-state index contributed by atoms with van der Waals surface area (Å²) in [6, 6.07) is 8.14. The zero-order valence-electron chi connectivity index (χ0n) is 10.4. The average molecular weight is 249 g/mol.